The fourth-order valence-corrected chi connectivity index (χ4v) is 4.77. The summed E-state index contributed by atoms with van der Waals surface area (Å²) in [5.74, 6) is -0.0117. The van der Waals surface area contributed by atoms with Gasteiger partial charge in [0.1, 0.15) is 0 Å². The maximum Gasteiger partial charge on any atom is 0.253 e. The number of hydrogen-bond acceptors (Lipinski definition) is 5. The number of rotatable bonds is 5. The first-order valence-corrected chi connectivity index (χ1v) is 12.2. The Bertz CT molecular complexity index is 1130. The monoisotopic (exact) mass is 462 g/mol. The number of aromatic nitrogens is 1. The molecule has 1 aliphatic rings. The molecule has 0 aliphatic carbocycles. The van der Waals surface area contributed by atoms with E-state index in [1.54, 1.807) is 0 Å². The molecule has 2 heterocycles. The smallest absolute Gasteiger partial charge is 0.253 e. The van der Waals surface area contributed by atoms with Crippen molar-refractivity contribution in [2.24, 2.45) is 0 Å². The first-order chi connectivity index (χ1) is 15.9. The van der Waals surface area contributed by atoms with Gasteiger partial charge in [-0.1, -0.05) is 47.5 Å². The molecule has 1 aliphatic heterocycles. The van der Waals surface area contributed by atoms with Crippen molar-refractivity contribution in [3.8, 4) is 11.3 Å². The Morgan fingerprint density at radius 3 is 2.55 bits per heavy atom. The summed E-state index contributed by atoms with van der Waals surface area (Å²) in [4.78, 5) is 34.5. The lowest BCUT2D eigenvalue weighted by molar-refractivity contribution is -0.120. The maximum atomic E-state index is 12.9. The van der Waals surface area contributed by atoms with Crippen molar-refractivity contribution < 1.29 is 9.59 Å². The Labute approximate surface area is 199 Å². The van der Waals surface area contributed by atoms with Crippen molar-refractivity contribution in [3.05, 3.63) is 70.6 Å². The lowest BCUT2D eigenvalue weighted by atomic mass is 10.1. The van der Waals surface area contributed by atoms with Crippen molar-refractivity contribution in [1.29, 1.82) is 0 Å². The van der Waals surface area contributed by atoms with E-state index >= 15 is 0 Å². The van der Waals surface area contributed by atoms with Gasteiger partial charge in [-0.3, -0.25) is 14.5 Å². The number of hydrogen-bond donors (Lipinski definition) is 1. The van der Waals surface area contributed by atoms with Gasteiger partial charge in [0.05, 0.1) is 11.7 Å². The molecule has 0 saturated carbocycles. The molecule has 4 rings (SSSR count). The average Bonchev–Trinajstić information content (AvgIpc) is 3.13. The summed E-state index contributed by atoms with van der Waals surface area (Å²) < 4.78 is 0. The molecule has 1 atom stereocenters. The van der Waals surface area contributed by atoms with Crippen LogP contribution in [0.2, 0.25) is 0 Å². The number of carbonyl (C=O) groups is 2. The quantitative estimate of drug-likeness (QED) is 0.602. The minimum absolute atomic E-state index is 0.0593. The third-order valence-electron chi connectivity index (χ3n) is 6.09. The Morgan fingerprint density at radius 2 is 1.79 bits per heavy atom. The normalized spacial score (nSPS) is 15.7. The zero-order chi connectivity index (χ0) is 23.4. The van der Waals surface area contributed by atoms with Crippen LogP contribution in [-0.4, -0.2) is 58.8 Å². The van der Waals surface area contributed by atoms with E-state index in [9.17, 15) is 9.59 Å². The fourth-order valence-electron chi connectivity index (χ4n) is 4.05. The summed E-state index contributed by atoms with van der Waals surface area (Å²) in [6, 6.07) is 15.6. The maximum absolute atomic E-state index is 12.9. The van der Waals surface area contributed by atoms with Gasteiger partial charge in [-0.05, 0) is 39.3 Å². The summed E-state index contributed by atoms with van der Waals surface area (Å²) >= 11 is 1.43. The predicted molar refractivity (Wildman–Crippen MR) is 134 cm³/mol. The second kappa shape index (κ2) is 10.3. The standard InChI is InChI=1S/C26H30N4O2S/c1-18-8-10-21(11-9-18)23-17-33-26(27-23)28-24(31)20(3)29-12-5-13-30(15-14-29)25(32)22-7-4-6-19(2)16-22/h4,6-11,16-17,20H,5,12-15H2,1-3H3,(H,27,28,31). The van der Waals surface area contributed by atoms with Crippen LogP contribution < -0.4 is 5.32 Å². The van der Waals surface area contributed by atoms with Crippen molar-refractivity contribution in [2.45, 2.75) is 33.2 Å². The number of carbonyl (C=O) groups excluding carboxylic acids is 2. The van der Waals surface area contributed by atoms with Crippen molar-refractivity contribution in [1.82, 2.24) is 14.8 Å². The van der Waals surface area contributed by atoms with Crippen LogP contribution in [0.1, 0.15) is 34.8 Å². The molecular formula is C26H30N4O2S. The van der Waals surface area contributed by atoms with Crippen LogP contribution in [0, 0.1) is 13.8 Å². The summed E-state index contributed by atoms with van der Waals surface area (Å²) in [6.45, 7) is 8.72. The molecule has 7 heteroatoms. The van der Waals surface area contributed by atoms with Crippen molar-refractivity contribution in [3.63, 3.8) is 0 Å². The lowest BCUT2D eigenvalue weighted by Crippen LogP contribution is -2.44. The van der Waals surface area contributed by atoms with E-state index in [0.717, 1.165) is 35.3 Å². The summed E-state index contributed by atoms with van der Waals surface area (Å²) in [7, 11) is 0. The number of benzene rings is 2. The predicted octanol–water partition coefficient (Wildman–Crippen LogP) is 4.60. The van der Waals surface area contributed by atoms with Gasteiger partial charge in [0.15, 0.2) is 5.13 Å². The lowest BCUT2D eigenvalue weighted by Gasteiger charge is -2.26. The molecule has 2 aromatic carbocycles. The number of aryl methyl sites for hydroxylation is 2. The van der Waals surface area contributed by atoms with E-state index in [4.69, 9.17) is 0 Å². The van der Waals surface area contributed by atoms with E-state index in [1.807, 2.05) is 60.5 Å². The van der Waals surface area contributed by atoms with Crippen molar-refractivity contribution in [2.75, 3.05) is 31.5 Å². The Hall–Kier alpha value is -3.03. The molecule has 33 heavy (non-hydrogen) atoms. The van der Waals surface area contributed by atoms with Gasteiger partial charge in [-0.2, -0.15) is 0 Å². The number of thiazole rings is 1. The van der Waals surface area contributed by atoms with Gasteiger partial charge >= 0.3 is 0 Å². The van der Waals surface area contributed by atoms with Gasteiger partial charge in [-0.15, -0.1) is 11.3 Å². The second-order valence-corrected chi connectivity index (χ2v) is 9.48. The van der Waals surface area contributed by atoms with Crippen LogP contribution in [0.15, 0.2) is 53.9 Å². The van der Waals surface area contributed by atoms with E-state index in [0.29, 0.717) is 24.8 Å². The van der Waals surface area contributed by atoms with Gasteiger partial charge in [0.2, 0.25) is 5.91 Å². The summed E-state index contributed by atoms with van der Waals surface area (Å²) in [6.07, 6.45) is 0.837. The Morgan fingerprint density at radius 1 is 1.00 bits per heavy atom. The van der Waals surface area contributed by atoms with E-state index in [1.165, 1.54) is 16.9 Å². The molecule has 0 bridgehead atoms. The Kier molecular flexibility index (Phi) is 7.20. The zero-order valence-corrected chi connectivity index (χ0v) is 20.2. The third-order valence-corrected chi connectivity index (χ3v) is 6.85. The second-order valence-electron chi connectivity index (χ2n) is 8.62. The molecule has 172 valence electrons. The van der Waals surface area contributed by atoms with Crippen LogP contribution in [0.25, 0.3) is 11.3 Å². The molecule has 1 unspecified atom stereocenters. The first-order valence-electron chi connectivity index (χ1n) is 11.3. The van der Waals surface area contributed by atoms with Crippen LogP contribution in [0.4, 0.5) is 5.13 Å². The Balaban J connectivity index is 1.34. The number of anilines is 1. The van der Waals surface area contributed by atoms with Gasteiger partial charge in [-0.25, -0.2) is 4.98 Å². The number of amides is 2. The molecule has 2 amide bonds. The minimum Gasteiger partial charge on any atom is -0.337 e. The van der Waals surface area contributed by atoms with Crippen LogP contribution in [-0.2, 0) is 4.79 Å². The fraction of sp³-hybridized carbons (Fsp3) is 0.346. The molecule has 0 radical (unpaired) electrons. The number of nitrogens with zero attached hydrogens (tertiary/aromatic N) is 3. The van der Waals surface area contributed by atoms with Crippen LogP contribution in [0.5, 0.6) is 0 Å². The zero-order valence-electron chi connectivity index (χ0n) is 19.4. The van der Waals surface area contributed by atoms with Crippen LogP contribution >= 0.6 is 11.3 Å². The van der Waals surface area contributed by atoms with Gasteiger partial charge in [0.25, 0.3) is 5.91 Å². The third kappa shape index (κ3) is 5.67. The summed E-state index contributed by atoms with van der Waals surface area (Å²) in [5, 5.41) is 5.54. The van der Waals surface area contributed by atoms with Crippen molar-refractivity contribution >= 4 is 28.3 Å². The van der Waals surface area contributed by atoms with Gasteiger partial charge < -0.3 is 10.2 Å². The molecule has 1 fully saturated rings. The highest BCUT2D eigenvalue weighted by Crippen LogP contribution is 2.25. The topological polar surface area (TPSA) is 65.5 Å². The minimum atomic E-state index is -0.300. The van der Waals surface area contributed by atoms with Crippen LogP contribution in [0.3, 0.4) is 0 Å². The van der Waals surface area contributed by atoms with Gasteiger partial charge in [0, 0.05) is 42.7 Å². The molecule has 1 saturated heterocycles. The highest BCUT2D eigenvalue weighted by molar-refractivity contribution is 7.14. The highest BCUT2D eigenvalue weighted by Gasteiger charge is 2.26. The largest absolute Gasteiger partial charge is 0.337 e. The van der Waals surface area contributed by atoms with E-state index in [2.05, 4.69) is 34.3 Å². The molecule has 6 nitrogen and oxygen atoms in total. The van der Waals surface area contributed by atoms with E-state index in [-0.39, 0.29) is 17.9 Å². The van der Waals surface area contributed by atoms with E-state index < -0.39 is 0 Å². The highest BCUT2D eigenvalue weighted by atomic mass is 32.1. The molecule has 0 spiro atoms. The SMILES string of the molecule is Cc1ccc(-c2csc(NC(=O)C(C)N3CCCN(C(=O)c4cccc(C)c4)CC3)n2)cc1. The summed E-state index contributed by atoms with van der Waals surface area (Å²) in [5.41, 5.74) is 4.91. The average molecular weight is 463 g/mol. The molecule has 1 aromatic heterocycles. The molecule has 3 aromatic rings. The number of nitrogens with one attached hydrogen (secondary N) is 1. The molecular weight excluding hydrogens is 432 g/mol. The molecule has 1 N–H and O–H groups in total. The first kappa shape index (κ1) is 23.1.